The Hall–Kier alpha value is -1.10. The van der Waals surface area contributed by atoms with Crippen molar-refractivity contribution in [3.8, 4) is 0 Å². The number of halogens is 4. The molecule has 0 heterocycles. The summed E-state index contributed by atoms with van der Waals surface area (Å²) in [6.07, 6.45) is -3.34. The number of hydrogen-bond acceptors (Lipinski definition) is 1. The molecule has 0 amide bonds. The van der Waals surface area contributed by atoms with Crippen molar-refractivity contribution in [1.82, 2.24) is 4.90 Å². The van der Waals surface area contributed by atoms with Crippen LogP contribution in [0.5, 0.6) is 0 Å². The second-order valence-corrected chi connectivity index (χ2v) is 4.25. The van der Waals surface area contributed by atoms with Gasteiger partial charge in [0.15, 0.2) is 0 Å². The van der Waals surface area contributed by atoms with Gasteiger partial charge in [0, 0.05) is 0 Å². The van der Waals surface area contributed by atoms with Crippen molar-refractivity contribution < 1.29 is 17.6 Å². The van der Waals surface area contributed by atoms with Crippen LogP contribution in [-0.4, -0.2) is 25.5 Å². The Morgan fingerprint density at radius 3 is 2.29 bits per heavy atom. The molecule has 1 aromatic carbocycles. The molecule has 0 N–H and O–H groups in total. The van der Waals surface area contributed by atoms with Gasteiger partial charge in [-0.1, -0.05) is 0 Å². The summed E-state index contributed by atoms with van der Waals surface area (Å²) in [4.78, 5) is 1.93. The lowest BCUT2D eigenvalue weighted by Crippen LogP contribution is -2.13. The standard InChI is InChI=1S/C12H15F4N/c1-17(2)5-3-4-9-6-10(12(14,15)16)8-11(13)7-9/h6-8H,3-5H2,1-2H3. The van der Waals surface area contributed by atoms with Gasteiger partial charge in [0.05, 0.1) is 5.56 Å². The van der Waals surface area contributed by atoms with Crippen LogP contribution in [0.15, 0.2) is 18.2 Å². The van der Waals surface area contributed by atoms with Gasteiger partial charge in [-0.25, -0.2) is 4.39 Å². The second-order valence-electron chi connectivity index (χ2n) is 4.25. The normalized spacial score (nSPS) is 12.2. The fraction of sp³-hybridized carbons (Fsp3) is 0.500. The zero-order valence-corrected chi connectivity index (χ0v) is 9.81. The molecule has 0 aliphatic heterocycles. The van der Waals surface area contributed by atoms with Crippen molar-refractivity contribution >= 4 is 0 Å². The minimum Gasteiger partial charge on any atom is -0.309 e. The molecule has 0 unspecified atom stereocenters. The van der Waals surface area contributed by atoms with E-state index in [0.29, 0.717) is 24.5 Å². The Balaban J connectivity index is 2.76. The van der Waals surface area contributed by atoms with Crippen LogP contribution in [0.1, 0.15) is 17.5 Å². The van der Waals surface area contributed by atoms with Crippen molar-refractivity contribution in [2.75, 3.05) is 20.6 Å². The molecule has 1 rings (SSSR count). The number of benzene rings is 1. The lowest BCUT2D eigenvalue weighted by Gasteiger charge is -2.11. The van der Waals surface area contributed by atoms with Crippen LogP contribution in [0.25, 0.3) is 0 Å². The van der Waals surface area contributed by atoms with Crippen molar-refractivity contribution in [2.24, 2.45) is 0 Å². The fourth-order valence-corrected chi connectivity index (χ4v) is 1.56. The molecule has 0 aromatic heterocycles. The monoisotopic (exact) mass is 249 g/mol. The number of alkyl halides is 3. The Bertz CT molecular complexity index is 371. The van der Waals surface area contributed by atoms with E-state index in [1.165, 1.54) is 0 Å². The Labute approximate surface area is 98.0 Å². The lowest BCUT2D eigenvalue weighted by molar-refractivity contribution is -0.137. The number of rotatable bonds is 4. The van der Waals surface area contributed by atoms with Gasteiger partial charge in [-0.3, -0.25) is 0 Å². The van der Waals surface area contributed by atoms with Crippen LogP contribution in [0, 0.1) is 5.82 Å². The van der Waals surface area contributed by atoms with Crippen LogP contribution >= 0.6 is 0 Å². The van der Waals surface area contributed by atoms with Crippen LogP contribution in [0.2, 0.25) is 0 Å². The van der Waals surface area contributed by atoms with Gasteiger partial charge >= 0.3 is 6.18 Å². The van der Waals surface area contributed by atoms with Gasteiger partial charge in [-0.2, -0.15) is 13.2 Å². The highest BCUT2D eigenvalue weighted by molar-refractivity contribution is 5.26. The smallest absolute Gasteiger partial charge is 0.309 e. The minimum absolute atomic E-state index is 0.388. The van der Waals surface area contributed by atoms with E-state index in [1.807, 2.05) is 19.0 Å². The molecule has 0 fully saturated rings. The molecular weight excluding hydrogens is 234 g/mol. The van der Waals surface area contributed by atoms with Gasteiger partial charge < -0.3 is 4.90 Å². The van der Waals surface area contributed by atoms with E-state index in [-0.39, 0.29) is 0 Å². The van der Waals surface area contributed by atoms with E-state index in [1.54, 1.807) is 0 Å². The zero-order chi connectivity index (χ0) is 13.1. The largest absolute Gasteiger partial charge is 0.416 e. The molecule has 0 aliphatic rings. The first kappa shape index (κ1) is 14.0. The topological polar surface area (TPSA) is 3.24 Å². The van der Waals surface area contributed by atoms with E-state index in [4.69, 9.17) is 0 Å². The molecule has 0 saturated carbocycles. The van der Waals surface area contributed by atoms with Crippen molar-refractivity contribution in [1.29, 1.82) is 0 Å². The van der Waals surface area contributed by atoms with Gasteiger partial charge in [-0.05, 0) is 57.2 Å². The highest BCUT2D eigenvalue weighted by Gasteiger charge is 2.31. The number of nitrogens with zero attached hydrogens (tertiary/aromatic N) is 1. The summed E-state index contributed by atoms with van der Waals surface area (Å²) in [5, 5.41) is 0. The first-order valence-corrected chi connectivity index (χ1v) is 5.30. The van der Waals surface area contributed by atoms with Crippen LogP contribution in [-0.2, 0) is 12.6 Å². The first-order chi connectivity index (χ1) is 7.79. The average Bonchev–Trinajstić information content (AvgIpc) is 2.14. The van der Waals surface area contributed by atoms with Crippen LogP contribution in [0.3, 0.4) is 0 Å². The summed E-state index contributed by atoms with van der Waals surface area (Å²) in [5.41, 5.74) is -0.531. The van der Waals surface area contributed by atoms with E-state index in [0.717, 1.165) is 18.7 Å². The van der Waals surface area contributed by atoms with Gasteiger partial charge in [0.25, 0.3) is 0 Å². The Morgan fingerprint density at radius 2 is 1.76 bits per heavy atom. The predicted molar refractivity (Wildman–Crippen MR) is 58.3 cm³/mol. The molecule has 1 aromatic rings. The molecule has 0 radical (unpaired) electrons. The second kappa shape index (κ2) is 5.49. The molecule has 0 bridgehead atoms. The van der Waals surface area contributed by atoms with Gasteiger partial charge in [0.1, 0.15) is 5.82 Å². The SMILES string of the molecule is CN(C)CCCc1cc(F)cc(C(F)(F)F)c1. The molecule has 0 saturated heterocycles. The van der Waals surface area contributed by atoms with E-state index < -0.39 is 17.6 Å². The highest BCUT2D eigenvalue weighted by Crippen LogP contribution is 2.30. The molecule has 0 aliphatic carbocycles. The zero-order valence-electron chi connectivity index (χ0n) is 9.81. The summed E-state index contributed by atoms with van der Waals surface area (Å²) < 4.78 is 50.3. The Morgan fingerprint density at radius 1 is 1.12 bits per heavy atom. The summed E-state index contributed by atoms with van der Waals surface area (Å²) in [6, 6.07) is 2.69. The summed E-state index contributed by atoms with van der Waals surface area (Å²) >= 11 is 0. The van der Waals surface area contributed by atoms with Gasteiger partial charge in [0.2, 0.25) is 0 Å². The molecule has 0 atom stereocenters. The molecule has 0 spiro atoms. The van der Waals surface area contributed by atoms with Crippen molar-refractivity contribution in [2.45, 2.75) is 19.0 Å². The maximum absolute atomic E-state index is 13.0. The third kappa shape index (κ3) is 4.73. The van der Waals surface area contributed by atoms with Crippen molar-refractivity contribution in [3.05, 3.63) is 35.1 Å². The maximum atomic E-state index is 13.0. The van der Waals surface area contributed by atoms with E-state index in [9.17, 15) is 17.6 Å². The average molecular weight is 249 g/mol. The predicted octanol–water partition coefficient (Wildman–Crippen LogP) is 3.34. The maximum Gasteiger partial charge on any atom is 0.416 e. The van der Waals surface area contributed by atoms with E-state index in [2.05, 4.69) is 0 Å². The molecule has 17 heavy (non-hydrogen) atoms. The van der Waals surface area contributed by atoms with Crippen LogP contribution in [0.4, 0.5) is 17.6 Å². The van der Waals surface area contributed by atoms with Crippen LogP contribution < -0.4 is 0 Å². The van der Waals surface area contributed by atoms with Crippen molar-refractivity contribution in [3.63, 3.8) is 0 Å². The third-order valence-corrected chi connectivity index (χ3v) is 2.36. The summed E-state index contributed by atoms with van der Waals surface area (Å²) in [7, 11) is 3.76. The minimum atomic E-state index is -4.49. The molecular formula is C12H15F4N. The number of hydrogen-bond donors (Lipinski definition) is 0. The van der Waals surface area contributed by atoms with E-state index >= 15 is 0 Å². The fourth-order valence-electron chi connectivity index (χ4n) is 1.56. The summed E-state index contributed by atoms with van der Waals surface area (Å²) in [5.74, 6) is -0.834. The third-order valence-electron chi connectivity index (χ3n) is 2.36. The number of aryl methyl sites for hydroxylation is 1. The highest BCUT2D eigenvalue weighted by atomic mass is 19.4. The lowest BCUT2D eigenvalue weighted by atomic mass is 10.1. The van der Waals surface area contributed by atoms with Gasteiger partial charge in [-0.15, -0.1) is 0 Å². The molecule has 1 nitrogen and oxygen atoms in total. The molecule has 96 valence electrons. The summed E-state index contributed by atoms with van der Waals surface area (Å²) in [6.45, 7) is 0.762. The Kier molecular flexibility index (Phi) is 4.51. The quantitative estimate of drug-likeness (QED) is 0.740. The molecule has 5 heteroatoms. The first-order valence-electron chi connectivity index (χ1n) is 5.30.